The molecule has 1 saturated carbocycles. The van der Waals surface area contributed by atoms with Crippen LogP contribution >= 0.6 is 0 Å². The molecule has 0 unspecified atom stereocenters. The maximum absolute atomic E-state index is 14.3. The average molecular weight is 396 g/mol. The van der Waals surface area contributed by atoms with E-state index >= 15 is 0 Å². The molecule has 0 spiro atoms. The van der Waals surface area contributed by atoms with Gasteiger partial charge in [-0.1, -0.05) is 43.3 Å². The molecule has 4 N–H and O–H groups in total. The second-order valence-corrected chi connectivity index (χ2v) is 8.41. The maximum Gasteiger partial charge on any atom is 0.126 e. The van der Waals surface area contributed by atoms with E-state index in [1.807, 2.05) is 6.07 Å². The Labute approximate surface area is 174 Å². The van der Waals surface area contributed by atoms with Gasteiger partial charge >= 0.3 is 0 Å². The highest BCUT2D eigenvalue weighted by molar-refractivity contribution is 5.80. The first-order valence-corrected chi connectivity index (χ1v) is 11.0. The monoisotopic (exact) mass is 395 g/mol. The van der Waals surface area contributed by atoms with Gasteiger partial charge in [0.2, 0.25) is 0 Å². The summed E-state index contributed by atoms with van der Waals surface area (Å²) in [4.78, 5) is 0. The molecule has 0 aromatic heterocycles. The summed E-state index contributed by atoms with van der Waals surface area (Å²) in [6.45, 7) is 2.13. The topological polar surface area (TPSA) is 64.4 Å². The molecule has 0 saturated heterocycles. The van der Waals surface area contributed by atoms with Gasteiger partial charge in [-0.3, -0.25) is 0 Å². The molecule has 4 heteroatoms. The summed E-state index contributed by atoms with van der Waals surface area (Å²) in [6.07, 6.45) is 9.44. The van der Waals surface area contributed by atoms with Gasteiger partial charge in [0.15, 0.2) is 0 Å². The zero-order valence-electron chi connectivity index (χ0n) is 17.5. The number of aryl methyl sites for hydroxylation is 3. The minimum absolute atomic E-state index is 0.0252. The number of nitrogens with two attached hydrogens (primary N) is 2. The molecule has 0 bridgehead atoms. The van der Waals surface area contributed by atoms with Crippen molar-refractivity contribution < 1.29 is 4.39 Å². The van der Waals surface area contributed by atoms with E-state index in [1.54, 1.807) is 6.07 Å². The van der Waals surface area contributed by atoms with Crippen molar-refractivity contribution in [3.05, 3.63) is 70.5 Å². The average Bonchev–Trinajstić information content (AvgIpc) is 2.77. The molecule has 156 valence electrons. The van der Waals surface area contributed by atoms with E-state index < -0.39 is 0 Å². The molecule has 3 rings (SSSR count). The fraction of sp³-hybridized carbons (Fsp3) is 0.480. The smallest absolute Gasteiger partial charge is 0.126 e. The van der Waals surface area contributed by atoms with Crippen LogP contribution in [0.15, 0.2) is 47.6 Å². The first-order valence-electron chi connectivity index (χ1n) is 11.0. The molecule has 0 radical (unpaired) electrons. The van der Waals surface area contributed by atoms with E-state index in [-0.39, 0.29) is 5.82 Å². The number of halogens is 1. The first kappa shape index (κ1) is 21.4. The van der Waals surface area contributed by atoms with Crippen LogP contribution in [-0.4, -0.2) is 5.84 Å². The summed E-state index contributed by atoms with van der Waals surface area (Å²) < 4.78 is 14.3. The number of hydrogen-bond acceptors (Lipinski definition) is 2. The van der Waals surface area contributed by atoms with Gasteiger partial charge in [-0.15, -0.1) is 0 Å². The van der Waals surface area contributed by atoms with Gasteiger partial charge in [0.05, 0.1) is 0 Å². The van der Waals surface area contributed by atoms with Crippen molar-refractivity contribution in [1.82, 2.24) is 0 Å². The van der Waals surface area contributed by atoms with Gasteiger partial charge < -0.3 is 11.6 Å². The molecule has 0 heterocycles. The third-order valence-corrected chi connectivity index (χ3v) is 6.42. The van der Waals surface area contributed by atoms with Crippen molar-refractivity contribution in [2.75, 3.05) is 0 Å². The lowest BCUT2D eigenvalue weighted by atomic mass is 9.76. The Morgan fingerprint density at radius 1 is 1.00 bits per heavy atom. The van der Waals surface area contributed by atoms with E-state index in [9.17, 15) is 4.39 Å². The van der Waals surface area contributed by atoms with Crippen LogP contribution in [0.3, 0.4) is 0 Å². The molecule has 0 atom stereocenters. The summed E-state index contributed by atoms with van der Waals surface area (Å²) in [7, 11) is 0. The van der Waals surface area contributed by atoms with E-state index in [0.29, 0.717) is 18.2 Å². The van der Waals surface area contributed by atoms with Crippen molar-refractivity contribution in [3.63, 3.8) is 0 Å². The quantitative estimate of drug-likeness (QED) is 0.270. The predicted octanol–water partition coefficient (Wildman–Crippen LogP) is 5.46. The number of amidine groups is 1. The van der Waals surface area contributed by atoms with E-state index in [4.69, 9.17) is 11.6 Å². The highest BCUT2D eigenvalue weighted by atomic mass is 19.1. The van der Waals surface area contributed by atoms with E-state index in [0.717, 1.165) is 43.6 Å². The number of nitrogens with zero attached hydrogens (tertiary/aromatic N) is 1. The fourth-order valence-corrected chi connectivity index (χ4v) is 4.54. The largest absolute Gasteiger partial charge is 0.386 e. The Morgan fingerprint density at radius 3 is 2.41 bits per heavy atom. The molecule has 1 fully saturated rings. The van der Waals surface area contributed by atoms with Crippen molar-refractivity contribution >= 4 is 5.84 Å². The predicted molar refractivity (Wildman–Crippen MR) is 119 cm³/mol. The Bertz CT molecular complexity index is 823. The molecule has 0 amide bonds. The highest BCUT2D eigenvalue weighted by Crippen LogP contribution is 2.38. The molecule has 1 aliphatic carbocycles. The minimum atomic E-state index is -0.0252. The summed E-state index contributed by atoms with van der Waals surface area (Å²) in [5, 5.41) is 3.54. The Morgan fingerprint density at radius 2 is 1.72 bits per heavy atom. The van der Waals surface area contributed by atoms with Crippen LogP contribution in [0.25, 0.3) is 0 Å². The first-order chi connectivity index (χ1) is 14.1. The summed E-state index contributed by atoms with van der Waals surface area (Å²) in [5.41, 5.74) is 10.5. The lowest BCUT2D eigenvalue weighted by Crippen LogP contribution is -2.15. The molecule has 29 heavy (non-hydrogen) atoms. The molecular formula is C25H34FN3. The molecule has 2 aromatic carbocycles. The standard InChI is InChI=1S/C25H34FN3/c1-2-18-10-14-24(26)23(17-18)22-12-8-19(9-13-22)6-7-20-4-3-5-21(16-20)11-15-25(27)29-28/h3-5,10,14,16-17,19,22H,2,6-9,11-13,15,28H2,1H3,(H2,27,29). The zero-order chi connectivity index (χ0) is 20.6. The normalized spacial score (nSPS) is 20.0. The third kappa shape index (κ3) is 6.06. The molecule has 2 aromatic rings. The summed E-state index contributed by atoms with van der Waals surface area (Å²) >= 11 is 0. The van der Waals surface area contributed by atoms with Crippen LogP contribution in [0, 0.1) is 11.7 Å². The number of benzene rings is 2. The van der Waals surface area contributed by atoms with Gasteiger partial charge in [-0.2, -0.15) is 5.10 Å². The van der Waals surface area contributed by atoms with Gasteiger partial charge in [-0.05, 0) is 91.5 Å². The molecule has 1 aliphatic rings. The van der Waals surface area contributed by atoms with Crippen molar-refractivity contribution in [1.29, 1.82) is 0 Å². The second-order valence-electron chi connectivity index (χ2n) is 8.41. The molecular weight excluding hydrogens is 361 g/mol. The van der Waals surface area contributed by atoms with Crippen LogP contribution in [0.2, 0.25) is 0 Å². The van der Waals surface area contributed by atoms with Crippen molar-refractivity contribution in [2.24, 2.45) is 22.6 Å². The van der Waals surface area contributed by atoms with Gasteiger partial charge in [0.25, 0.3) is 0 Å². The molecule has 3 nitrogen and oxygen atoms in total. The van der Waals surface area contributed by atoms with Gasteiger partial charge in [0.1, 0.15) is 11.7 Å². The summed E-state index contributed by atoms with van der Waals surface area (Å²) in [5.74, 6) is 6.80. The Balaban J connectivity index is 1.49. The second kappa shape index (κ2) is 10.4. The van der Waals surface area contributed by atoms with Gasteiger partial charge in [0, 0.05) is 6.42 Å². The van der Waals surface area contributed by atoms with E-state index in [2.05, 4.69) is 42.4 Å². The van der Waals surface area contributed by atoms with Crippen molar-refractivity contribution in [2.45, 2.75) is 70.6 Å². The third-order valence-electron chi connectivity index (χ3n) is 6.42. The fourth-order valence-electron chi connectivity index (χ4n) is 4.54. The van der Waals surface area contributed by atoms with Crippen molar-refractivity contribution in [3.8, 4) is 0 Å². The van der Waals surface area contributed by atoms with Crippen LogP contribution in [0.1, 0.15) is 73.6 Å². The van der Waals surface area contributed by atoms with Crippen LogP contribution < -0.4 is 11.6 Å². The lowest BCUT2D eigenvalue weighted by molar-refractivity contribution is 0.306. The van der Waals surface area contributed by atoms with Crippen LogP contribution in [-0.2, 0) is 19.3 Å². The maximum atomic E-state index is 14.3. The lowest BCUT2D eigenvalue weighted by Gasteiger charge is -2.29. The highest BCUT2D eigenvalue weighted by Gasteiger charge is 2.24. The number of rotatable bonds is 8. The SMILES string of the molecule is CCc1ccc(F)c(C2CCC(CCc3cccc(CC/C(N)=N/N)c3)CC2)c1. The minimum Gasteiger partial charge on any atom is -0.386 e. The summed E-state index contributed by atoms with van der Waals surface area (Å²) in [6, 6.07) is 14.4. The van der Waals surface area contributed by atoms with Crippen LogP contribution in [0.4, 0.5) is 4.39 Å². The van der Waals surface area contributed by atoms with E-state index in [1.165, 1.54) is 36.0 Å². The Hall–Kier alpha value is -2.36. The number of hydrogen-bond donors (Lipinski definition) is 2. The zero-order valence-corrected chi connectivity index (χ0v) is 17.5. The molecule has 0 aliphatic heterocycles. The van der Waals surface area contributed by atoms with Gasteiger partial charge in [-0.25, -0.2) is 4.39 Å². The Kier molecular flexibility index (Phi) is 7.68. The number of hydrazone groups is 1. The van der Waals surface area contributed by atoms with Crippen LogP contribution in [0.5, 0.6) is 0 Å².